The Balaban J connectivity index is 2.32. The number of hydrogen-bond acceptors (Lipinski definition) is 9. The average Bonchev–Trinajstić information content (AvgIpc) is 3.22. The summed E-state index contributed by atoms with van der Waals surface area (Å²) in [4.78, 5) is 39.2. The fraction of sp³-hybridized carbons (Fsp3) is 0.696. The van der Waals surface area contributed by atoms with Crippen LogP contribution in [0, 0.1) is 5.92 Å². The van der Waals surface area contributed by atoms with Gasteiger partial charge in [-0.15, -0.1) is 0 Å². The minimum absolute atomic E-state index is 0.0511. The second-order valence-corrected chi connectivity index (χ2v) is 9.77. The first kappa shape index (κ1) is 28.3. The molecule has 1 saturated heterocycles. The molecule has 0 saturated carbocycles. The first-order valence-corrected chi connectivity index (χ1v) is 12.0. The Morgan fingerprint density at radius 2 is 1.97 bits per heavy atom. The van der Waals surface area contributed by atoms with Crippen LogP contribution in [0.4, 0.5) is 4.79 Å². The molecule has 0 bridgehead atoms. The van der Waals surface area contributed by atoms with E-state index in [-0.39, 0.29) is 24.9 Å². The lowest BCUT2D eigenvalue weighted by Gasteiger charge is -2.33. The third-order valence-electron chi connectivity index (χ3n) is 5.46. The Kier molecular flexibility index (Phi) is 10.1. The quantitative estimate of drug-likeness (QED) is 0.309. The van der Waals surface area contributed by atoms with Crippen LogP contribution in [0.15, 0.2) is 15.0 Å². The van der Waals surface area contributed by atoms with Crippen molar-refractivity contribution in [3.05, 3.63) is 22.1 Å². The lowest BCUT2D eigenvalue weighted by molar-refractivity contribution is -0.165. The number of esters is 1. The fourth-order valence-electron chi connectivity index (χ4n) is 4.26. The smallest absolute Gasteiger partial charge is 0.417 e. The summed E-state index contributed by atoms with van der Waals surface area (Å²) in [7, 11) is 1.30. The van der Waals surface area contributed by atoms with Crippen LogP contribution in [-0.2, 0) is 35.0 Å². The summed E-state index contributed by atoms with van der Waals surface area (Å²) in [6, 6.07) is 1.07. The van der Waals surface area contributed by atoms with Crippen LogP contribution in [-0.4, -0.2) is 72.7 Å². The number of halogens is 1. The van der Waals surface area contributed by atoms with Gasteiger partial charge in [-0.1, -0.05) is 13.8 Å². The molecular weight excluding hydrogens is 514 g/mol. The third kappa shape index (κ3) is 6.59. The van der Waals surface area contributed by atoms with E-state index in [0.29, 0.717) is 29.7 Å². The molecule has 2 heterocycles. The number of nitrogens with zero attached hydrogens (tertiary/aromatic N) is 1. The minimum Gasteiger partial charge on any atom is -0.461 e. The molecule has 1 aliphatic rings. The molecule has 0 radical (unpaired) electrons. The molecule has 10 nitrogen and oxygen atoms in total. The number of furan rings is 1. The lowest BCUT2D eigenvalue weighted by Crippen LogP contribution is -2.52. The van der Waals surface area contributed by atoms with Crippen LogP contribution >= 0.6 is 15.9 Å². The molecule has 1 aliphatic heterocycles. The second-order valence-electron chi connectivity index (χ2n) is 8.91. The molecule has 2 amide bonds. The molecule has 0 aromatic carbocycles. The molecule has 192 valence electrons. The average molecular weight is 548 g/mol. The highest BCUT2D eigenvalue weighted by Gasteiger charge is 2.54. The fourth-order valence-corrected chi connectivity index (χ4v) is 4.77. The van der Waals surface area contributed by atoms with E-state index in [2.05, 4.69) is 15.9 Å². The summed E-state index contributed by atoms with van der Waals surface area (Å²) >= 11 is 3.44. The highest BCUT2D eigenvalue weighted by atomic mass is 79.9. The number of cyclic esters (lactones) is 1. The van der Waals surface area contributed by atoms with Crippen LogP contribution in [0.2, 0.25) is 0 Å². The van der Waals surface area contributed by atoms with Crippen molar-refractivity contribution >= 4 is 33.9 Å². The zero-order valence-electron chi connectivity index (χ0n) is 20.5. The van der Waals surface area contributed by atoms with Crippen molar-refractivity contribution in [3.63, 3.8) is 0 Å². The van der Waals surface area contributed by atoms with Gasteiger partial charge in [0.1, 0.15) is 17.1 Å². The summed E-state index contributed by atoms with van der Waals surface area (Å²) in [5, 5.41) is 8.79. The number of hydrogen-bond donors (Lipinski definition) is 1. The van der Waals surface area contributed by atoms with Gasteiger partial charge in [0.05, 0.1) is 23.7 Å². The van der Waals surface area contributed by atoms with E-state index >= 15 is 0 Å². The van der Waals surface area contributed by atoms with Gasteiger partial charge in [0.15, 0.2) is 12.2 Å². The normalized spacial score (nSPS) is 19.3. The number of rotatable bonds is 12. The van der Waals surface area contributed by atoms with E-state index in [9.17, 15) is 14.4 Å². The lowest BCUT2D eigenvalue weighted by atomic mass is 9.88. The molecule has 34 heavy (non-hydrogen) atoms. The number of carbonyl (C=O) groups is 3. The van der Waals surface area contributed by atoms with Crippen LogP contribution in [0.1, 0.15) is 58.7 Å². The van der Waals surface area contributed by atoms with E-state index in [1.807, 2.05) is 13.8 Å². The molecule has 0 spiro atoms. The zero-order valence-corrected chi connectivity index (χ0v) is 22.0. The zero-order chi connectivity index (χ0) is 25.6. The van der Waals surface area contributed by atoms with Crippen LogP contribution < -0.4 is 0 Å². The van der Waals surface area contributed by atoms with Crippen LogP contribution in [0.25, 0.3) is 0 Å². The van der Waals surface area contributed by atoms with E-state index < -0.39 is 41.8 Å². The van der Waals surface area contributed by atoms with Crippen molar-refractivity contribution in [3.8, 4) is 0 Å². The van der Waals surface area contributed by atoms with E-state index in [0.717, 1.165) is 4.90 Å². The maximum atomic E-state index is 13.6. The van der Waals surface area contributed by atoms with Gasteiger partial charge in [0.2, 0.25) is 0 Å². The second kappa shape index (κ2) is 12.1. The largest absolute Gasteiger partial charge is 0.461 e. The molecule has 11 heteroatoms. The molecule has 1 aromatic rings. The predicted octanol–water partition coefficient (Wildman–Crippen LogP) is 3.38. The highest BCUT2D eigenvalue weighted by Crippen LogP contribution is 2.37. The topological polar surface area (TPSA) is 125 Å². The third-order valence-corrected chi connectivity index (χ3v) is 6.13. The van der Waals surface area contributed by atoms with Gasteiger partial charge in [-0.3, -0.25) is 9.59 Å². The molecular formula is C23H34BrNO9. The van der Waals surface area contributed by atoms with Gasteiger partial charge in [-0.05, 0) is 48.2 Å². The van der Waals surface area contributed by atoms with Crippen molar-refractivity contribution in [2.75, 3.05) is 26.9 Å². The van der Waals surface area contributed by atoms with E-state index in [1.165, 1.54) is 14.0 Å². The Labute approximate surface area is 208 Å². The summed E-state index contributed by atoms with van der Waals surface area (Å²) in [5.74, 6) is -0.650. The summed E-state index contributed by atoms with van der Waals surface area (Å²) in [5.41, 5.74) is -0.894. The number of aliphatic hydroxyl groups is 1. The van der Waals surface area contributed by atoms with E-state index in [1.54, 1.807) is 19.9 Å². The number of methoxy groups -OCH3 is 1. The molecule has 3 unspecified atom stereocenters. The van der Waals surface area contributed by atoms with Gasteiger partial charge >= 0.3 is 12.1 Å². The monoisotopic (exact) mass is 547 g/mol. The molecule has 1 fully saturated rings. The summed E-state index contributed by atoms with van der Waals surface area (Å²) in [6.07, 6.45) is -2.21. The molecule has 1 N–H and O–H groups in total. The van der Waals surface area contributed by atoms with Crippen molar-refractivity contribution in [2.24, 2.45) is 5.92 Å². The Morgan fingerprint density at radius 3 is 2.53 bits per heavy atom. The molecule has 3 atom stereocenters. The minimum atomic E-state index is -1.34. The first-order valence-electron chi connectivity index (χ1n) is 11.2. The molecule has 2 rings (SSSR count). The van der Waals surface area contributed by atoms with Crippen molar-refractivity contribution in [1.82, 2.24) is 4.90 Å². The van der Waals surface area contributed by atoms with Crippen molar-refractivity contribution in [1.29, 1.82) is 0 Å². The van der Waals surface area contributed by atoms with Gasteiger partial charge in [0, 0.05) is 27.1 Å². The number of carbonyl (C=O) groups excluding carboxylic acids is 3. The molecule has 1 aromatic heterocycles. The maximum absolute atomic E-state index is 13.6. The number of imide groups is 1. The van der Waals surface area contributed by atoms with Crippen molar-refractivity contribution < 1.29 is 42.9 Å². The van der Waals surface area contributed by atoms with E-state index in [4.69, 9.17) is 28.5 Å². The van der Waals surface area contributed by atoms with Gasteiger partial charge in [-0.2, -0.15) is 0 Å². The van der Waals surface area contributed by atoms with Crippen LogP contribution in [0.3, 0.4) is 0 Å². The highest BCUT2D eigenvalue weighted by molar-refractivity contribution is 9.10. The maximum Gasteiger partial charge on any atom is 0.417 e. The van der Waals surface area contributed by atoms with Gasteiger partial charge < -0.3 is 28.5 Å². The number of aryl methyl sites for hydroxylation is 1. The summed E-state index contributed by atoms with van der Waals surface area (Å²) < 4.78 is 28.2. The Hall–Kier alpha value is -1.95. The Bertz CT molecular complexity index is 867. The van der Waals surface area contributed by atoms with Crippen LogP contribution in [0.5, 0.6) is 0 Å². The standard InChI is InChI=1S/C23H34BrNO9/c1-13(2)20-23(4,5)34-22(29)25(20)21(28)19(30-6)18(32-14(3)27)17-12-15(24)16(33-17)8-7-10-31-11-9-26/h12-13,18-20,26H,7-11H2,1-6H3. The predicted molar refractivity (Wildman–Crippen MR) is 124 cm³/mol. The first-order chi connectivity index (χ1) is 15.9. The summed E-state index contributed by atoms with van der Waals surface area (Å²) in [6.45, 7) is 9.11. The number of aliphatic hydroxyl groups excluding tert-OH is 1. The van der Waals surface area contributed by atoms with Gasteiger partial charge in [0.25, 0.3) is 5.91 Å². The molecule has 0 aliphatic carbocycles. The Morgan fingerprint density at radius 1 is 1.29 bits per heavy atom. The SMILES string of the molecule is COC(C(=O)N1C(=O)OC(C)(C)C1C(C)C)C(OC(C)=O)c1cc(Br)c(CCCOCCO)o1. The van der Waals surface area contributed by atoms with Gasteiger partial charge in [-0.25, -0.2) is 9.69 Å². The number of ether oxygens (including phenoxy) is 4. The van der Waals surface area contributed by atoms with Crippen molar-refractivity contribution in [2.45, 2.75) is 71.3 Å². The number of amides is 2.